The summed E-state index contributed by atoms with van der Waals surface area (Å²) in [6, 6.07) is 9.04. The number of benzene rings is 2. The van der Waals surface area contributed by atoms with E-state index in [1.165, 1.54) is 6.21 Å². The summed E-state index contributed by atoms with van der Waals surface area (Å²) in [4.78, 5) is 16.7. The van der Waals surface area contributed by atoms with Crippen LogP contribution < -0.4 is 25.8 Å². The molecule has 3 rings (SSSR count). The Morgan fingerprint density at radius 3 is 2.58 bits per heavy atom. The van der Waals surface area contributed by atoms with E-state index in [1.807, 2.05) is 37.6 Å². The standard InChI is InChI=1S/C26H35N7O3/c1-15(2)13-33-26(30-21-9-8-20(28)19(12-27)17(21)5)31-25(32-33)18-7-10-22(23(11-18)35-6)36-14-24(34)29-16(3)4/h7-12,15-16,27H,13-14,28H2,1-6H3,(H,29,34)(H,30,31,32). The molecule has 0 atom stereocenters. The Labute approximate surface area is 211 Å². The quantitative estimate of drug-likeness (QED) is 0.232. The van der Waals surface area contributed by atoms with Gasteiger partial charge in [-0.3, -0.25) is 4.79 Å². The van der Waals surface area contributed by atoms with Gasteiger partial charge in [0.05, 0.1) is 7.11 Å². The summed E-state index contributed by atoms with van der Waals surface area (Å²) in [5.41, 5.74) is 9.62. The number of nitrogen functional groups attached to an aromatic ring is 1. The molecule has 0 aliphatic heterocycles. The Morgan fingerprint density at radius 2 is 1.94 bits per heavy atom. The van der Waals surface area contributed by atoms with Crippen molar-refractivity contribution in [3.8, 4) is 22.9 Å². The predicted octanol–water partition coefficient (Wildman–Crippen LogP) is 4.14. The molecule has 10 heteroatoms. The van der Waals surface area contributed by atoms with E-state index < -0.39 is 0 Å². The van der Waals surface area contributed by atoms with E-state index in [1.54, 1.807) is 25.3 Å². The first-order chi connectivity index (χ1) is 17.1. The van der Waals surface area contributed by atoms with Crippen molar-refractivity contribution in [2.75, 3.05) is 24.8 Å². The molecule has 0 saturated carbocycles. The number of nitrogens with zero attached hydrogens (tertiary/aromatic N) is 3. The molecule has 2 aromatic carbocycles. The van der Waals surface area contributed by atoms with Gasteiger partial charge >= 0.3 is 0 Å². The zero-order valence-corrected chi connectivity index (χ0v) is 21.7. The molecule has 0 aliphatic carbocycles. The number of nitrogens with two attached hydrogens (primary N) is 1. The molecule has 0 saturated heterocycles. The van der Waals surface area contributed by atoms with Crippen LogP contribution in [0, 0.1) is 18.3 Å². The molecule has 10 nitrogen and oxygen atoms in total. The number of rotatable bonds is 11. The maximum absolute atomic E-state index is 12.0. The molecule has 1 heterocycles. The first kappa shape index (κ1) is 26.5. The zero-order chi connectivity index (χ0) is 26.4. The van der Waals surface area contributed by atoms with Gasteiger partial charge in [-0.05, 0) is 62.6 Å². The Balaban J connectivity index is 1.91. The summed E-state index contributed by atoms with van der Waals surface area (Å²) in [5.74, 6) is 2.16. The van der Waals surface area contributed by atoms with Crippen LogP contribution in [-0.2, 0) is 11.3 Å². The number of hydrogen-bond acceptors (Lipinski definition) is 8. The smallest absolute Gasteiger partial charge is 0.258 e. The number of hydrogen-bond donors (Lipinski definition) is 4. The second-order valence-corrected chi connectivity index (χ2v) is 9.22. The summed E-state index contributed by atoms with van der Waals surface area (Å²) in [6.07, 6.45) is 1.25. The van der Waals surface area contributed by atoms with E-state index >= 15 is 0 Å². The largest absolute Gasteiger partial charge is 0.493 e. The minimum atomic E-state index is -0.204. The SMILES string of the molecule is COc1cc(-c2nc(Nc3ccc(N)c(C=N)c3C)n(CC(C)C)n2)ccc1OCC(=O)NC(C)C. The molecule has 0 radical (unpaired) electrons. The highest BCUT2D eigenvalue weighted by Crippen LogP contribution is 2.33. The molecule has 36 heavy (non-hydrogen) atoms. The monoisotopic (exact) mass is 493 g/mol. The number of ether oxygens (including phenoxy) is 2. The molecule has 0 aliphatic rings. The average molecular weight is 494 g/mol. The van der Waals surface area contributed by atoms with E-state index in [2.05, 4.69) is 24.5 Å². The minimum absolute atomic E-state index is 0.0360. The fourth-order valence-electron chi connectivity index (χ4n) is 3.66. The maximum atomic E-state index is 12.0. The Hall–Kier alpha value is -4.08. The van der Waals surface area contributed by atoms with Gasteiger partial charge in [0.1, 0.15) is 0 Å². The first-order valence-corrected chi connectivity index (χ1v) is 11.8. The lowest BCUT2D eigenvalue weighted by Crippen LogP contribution is -2.34. The Kier molecular flexibility index (Phi) is 8.52. The fourth-order valence-corrected chi connectivity index (χ4v) is 3.66. The van der Waals surface area contributed by atoms with Crippen molar-refractivity contribution in [1.82, 2.24) is 20.1 Å². The van der Waals surface area contributed by atoms with Crippen LogP contribution in [0.2, 0.25) is 0 Å². The third-order valence-corrected chi connectivity index (χ3v) is 5.38. The van der Waals surface area contributed by atoms with Crippen molar-refractivity contribution in [2.45, 2.75) is 47.2 Å². The van der Waals surface area contributed by atoms with Gasteiger partial charge in [-0.15, -0.1) is 5.10 Å². The predicted molar refractivity (Wildman–Crippen MR) is 142 cm³/mol. The third-order valence-electron chi connectivity index (χ3n) is 5.38. The molecular weight excluding hydrogens is 458 g/mol. The van der Waals surface area contributed by atoms with Gasteiger partial charge in [-0.2, -0.15) is 4.98 Å². The molecule has 1 aromatic heterocycles. The first-order valence-electron chi connectivity index (χ1n) is 11.8. The van der Waals surface area contributed by atoms with Crippen molar-refractivity contribution >= 4 is 29.4 Å². The van der Waals surface area contributed by atoms with Crippen LogP contribution in [-0.4, -0.2) is 46.6 Å². The van der Waals surface area contributed by atoms with Crippen LogP contribution in [0.1, 0.15) is 38.8 Å². The van der Waals surface area contributed by atoms with Gasteiger partial charge < -0.3 is 31.3 Å². The number of amides is 1. The summed E-state index contributed by atoms with van der Waals surface area (Å²) < 4.78 is 13.0. The molecule has 0 fully saturated rings. The van der Waals surface area contributed by atoms with E-state index in [9.17, 15) is 4.79 Å². The van der Waals surface area contributed by atoms with Crippen molar-refractivity contribution < 1.29 is 14.3 Å². The van der Waals surface area contributed by atoms with Gasteiger partial charge in [0.25, 0.3) is 5.91 Å². The zero-order valence-electron chi connectivity index (χ0n) is 21.7. The Bertz CT molecular complexity index is 1230. The lowest BCUT2D eigenvalue weighted by Gasteiger charge is -2.14. The highest BCUT2D eigenvalue weighted by molar-refractivity contribution is 5.90. The van der Waals surface area contributed by atoms with Crippen LogP contribution >= 0.6 is 0 Å². The normalized spacial score (nSPS) is 11.0. The number of methoxy groups -OCH3 is 1. The number of anilines is 3. The molecule has 5 N–H and O–H groups in total. The average Bonchev–Trinajstić information content (AvgIpc) is 3.20. The minimum Gasteiger partial charge on any atom is -0.493 e. The van der Waals surface area contributed by atoms with Crippen LogP contribution in [0.25, 0.3) is 11.4 Å². The van der Waals surface area contributed by atoms with Crippen LogP contribution in [0.15, 0.2) is 30.3 Å². The lowest BCUT2D eigenvalue weighted by molar-refractivity contribution is -0.123. The topological polar surface area (TPSA) is 140 Å². The number of aromatic nitrogens is 3. The molecule has 192 valence electrons. The van der Waals surface area contributed by atoms with Gasteiger partial charge in [-0.25, -0.2) is 4.68 Å². The second kappa shape index (κ2) is 11.6. The second-order valence-electron chi connectivity index (χ2n) is 9.22. The third kappa shape index (κ3) is 6.32. The summed E-state index contributed by atoms with van der Waals surface area (Å²) in [5, 5.41) is 18.6. The molecule has 0 unspecified atom stereocenters. The highest BCUT2D eigenvalue weighted by atomic mass is 16.5. The van der Waals surface area contributed by atoms with Gasteiger partial charge in [0.15, 0.2) is 23.9 Å². The van der Waals surface area contributed by atoms with E-state index in [-0.39, 0.29) is 18.6 Å². The van der Waals surface area contributed by atoms with Crippen molar-refractivity contribution in [2.24, 2.45) is 5.92 Å². The van der Waals surface area contributed by atoms with Gasteiger partial charge in [0, 0.05) is 41.3 Å². The molecule has 0 bridgehead atoms. The number of carbonyl (C=O) groups is 1. The van der Waals surface area contributed by atoms with Gasteiger partial charge in [0.2, 0.25) is 5.95 Å². The molecule has 0 spiro atoms. The van der Waals surface area contributed by atoms with Crippen molar-refractivity contribution in [3.05, 3.63) is 41.5 Å². The number of nitrogens with one attached hydrogen (secondary N) is 3. The Morgan fingerprint density at radius 1 is 1.19 bits per heavy atom. The van der Waals surface area contributed by atoms with Crippen molar-refractivity contribution in [3.63, 3.8) is 0 Å². The lowest BCUT2D eigenvalue weighted by atomic mass is 10.1. The summed E-state index contributed by atoms with van der Waals surface area (Å²) >= 11 is 0. The number of carbonyl (C=O) groups excluding carboxylic acids is 1. The molecular formula is C26H35N7O3. The van der Waals surface area contributed by atoms with E-state index in [0.29, 0.717) is 47.0 Å². The van der Waals surface area contributed by atoms with Crippen LogP contribution in [0.5, 0.6) is 11.5 Å². The van der Waals surface area contributed by atoms with E-state index in [0.717, 1.165) is 16.8 Å². The summed E-state index contributed by atoms with van der Waals surface area (Å²) in [7, 11) is 1.54. The summed E-state index contributed by atoms with van der Waals surface area (Å²) in [6.45, 7) is 10.5. The van der Waals surface area contributed by atoms with Crippen LogP contribution in [0.3, 0.4) is 0 Å². The van der Waals surface area contributed by atoms with Crippen LogP contribution in [0.4, 0.5) is 17.3 Å². The van der Waals surface area contributed by atoms with E-state index in [4.69, 9.17) is 30.7 Å². The molecule has 1 amide bonds. The molecule has 3 aromatic rings. The van der Waals surface area contributed by atoms with Gasteiger partial charge in [-0.1, -0.05) is 13.8 Å². The van der Waals surface area contributed by atoms with Crippen molar-refractivity contribution in [1.29, 1.82) is 5.41 Å². The highest BCUT2D eigenvalue weighted by Gasteiger charge is 2.17. The maximum Gasteiger partial charge on any atom is 0.258 e. The fraction of sp³-hybridized carbons (Fsp3) is 0.385.